The number of hydrogen-bond acceptors (Lipinski definition) is 3. The Balaban J connectivity index is 3.50. The van der Waals surface area contributed by atoms with Crippen LogP contribution in [0.2, 0.25) is 0 Å². The highest BCUT2D eigenvalue weighted by Gasteiger charge is 2.12. The van der Waals surface area contributed by atoms with Crippen LogP contribution in [0.5, 0.6) is 0 Å². The fraction of sp³-hybridized carbons (Fsp3) is 0.600. The lowest BCUT2D eigenvalue weighted by Gasteiger charge is -2.10. The second-order valence-electron chi connectivity index (χ2n) is 3.29. The third-order valence-corrected chi connectivity index (χ3v) is 2.73. The fourth-order valence-corrected chi connectivity index (χ4v) is 1.73. The van der Waals surface area contributed by atoms with Gasteiger partial charge in [-0.2, -0.15) is 0 Å². The lowest BCUT2D eigenvalue weighted by molar-refractivity contribution is -0.120. The summed E-state index contributed by atoms with van der Waals surface area (Å²) < 4.78 is 2.80. The summed E-state index contributed by atoms with van der Waals surface area (Å²) in [5.41, 5.74) is 5.15. The number of nitrogens with two attached hydrogens (primary N) is 1. The molecule has 0 fully saturated rings. The van der Waals surface area contributed by atoms with Crippen molar-refractivity contribution in [3.63, 3.8) is 0 Å². The summed E-state index contributed by atoms with van der Waals surface area (Å²) in [6.45, 7) is 0.577. The lowest BCUT2D eigenvalue weighted by atomic mass is 10.1. The molecule has 0 rings (SSSR count). The molecular weight excluding hydrogens is 321 g/mol. The molecule has 0 aliphatic carbocycles. The zero-order valence-corrected chi connectivity index (χ0v) is 11.1. The highest BCUT2D eigenvalue weighted by molar-refractivity contribution is 14.1. The van der Waals surface area contributed by atoms with Gasteiger partial charge in [0.25, 0.3) is 0 Å². The summed E-state index contributed by atoms with van der Waals surface area (Å²) in [6.07, 6.45) is 7.38. The van der Waals surface area contributed by atoms with E-state index in [1.54, 1.807) is 0 Å². The summed E-state index contributed by atoms with van der Waals surface area (Å²) in [5, 5.41) is 2.68. The number of primary amides is 1. The number of amides is 2. The van der Waals surface area contributed by atoms with E-state index in [4.69, 9.17) is 12.2 Å². The van der Waals surface area contributed by atoms with E-state index in [-0.39, 0.29) is 24.3 Å². The Morgan fingerprint density at radius 3 is 2.62 bits per heavy atom. The van der Waals surface area contributed by atoms with Crippen molar-refractivity contribution in [1.82, 2.24) is 8.85 Å². The summed E-state index contributed by atoms with van der Waals surface area (Å²) in [7, 11) is 0. The van der Waals surface area contributed by atoms with Crippen molar-refractivity contribution >= 4 is 34.7 Å². The molecule has 0 saturated carbocycles. The first-order valence-electron chi connectivity index (χ1n) is 4.97. The van der Waals surface area contributed by atoms with Gasteiger partial charge < -0.3 is 11.1 Å². The van der Waals surface area contributed by atoms with Gasteiger partial charge >= 0.3 is 0 Å². The van der Waals surface area contributed by atoms with Gasteiger partial charge in [0.1, 0.15) is 0 Å². The lowest BCUT2D eigenvalue weighted by Crippen LogP contribution is -2.36. The Kier molecular flexibility index (Phi) is 8.94. The standard InChI is InChI=1S/C10H16IN3O2/c1-2-5-9(15)13-7-4-3-6-8(14-11)10(12)16/h1,8,14H,3-7H2,(H2,12,16)(H,13,15). The third-order valence-electron chi connectivity index (χ3n) is 1.98. The van der Waals surface area contributed by atoms with E-state index in [0.29, 0.717) is 13.0 Å². The molecule has 0 aliphatic heterocycles. The Hall–Kier alpha value is -0.810. The first-order valence-corrected chi connectivity index (χ1v) is 6.05. The molecule has 0 bridgehead atoms. The average Bonchev–Trinajstić information content (AvgIpc) is 2.23. The van der Waals surface area contributed by atoms with Gasteiger partial charge in [-0.25, -0.2) is 3.53 Å². The molecule has 6 heteroatoms. The van der Waals surface area contributed by atoms with Crippen LogP contribution in [0.4, 0.5) is 0 Å². The van der Waals surface area contributed by atoms with Crippen molar-refractivity contribution < 1.29 is 9.59 Å². The Morgan fingerprint density at radius 1 is 1.44 bits per heavy atom. The van der Waals surface area contributed by atoms with Crippen LogP contribution in [0.15, 0.2) is 0 Å². The third kappa shape index (κ3) is 7.48. The summed E-state index contributed by atoms with van der Waals surface area (Å²) in [6, 6.07) is -0.304. The van der Waals surface area contributed by atoms with Crippen LogP contribution in [0, 0.1) is 12.3 Å². The molecule has 1 atom stereocenters. The second kappa shape index (κ2) is 9.42. The normalized spacial score (nSPS) is 11.5. The van der Waals surface area contributed by atoms with E-state index in [1.165, 1.54) is 0 Å². The molecule has 0 saturated heterocycles. The summed E-state index contributed by atoms with van der Waals surface area (Å²) in [5.74, 6) is 1.77. The van der Waals surface area contributed by atoms with Gasteiger partial charge in [-0.05, 0) is 19.3 Å². The van der Waals surface area contributed by atoms with Crippen molar-refractivity contribution in [2.24, 2.45) is 5.73 Å². The number of halogens is 1. The van der Waals surface area contributed by atoms with Gasteiger partial charge in [0, 0.05) is 29.4 Å². The molecule has 0 heterocycles. The topological polar surface area (TPSA) is 84.2 Å². The minimum absolute atomic E-state index is 0.110. The van der Waals surface area contributed by atoms with Crippen molar-refractivity contribution in [3.8, 4) is 12.3 Å². The Labute approximate surface area is 109 Å². The monoisotopic (exact) mass is 337 g/mol. The molecule has 0 spiro atoms. The number of unbranched alkanes of at least 4 members (excludes halogenated alkanes) is 1. The van der Waals surface area contributed by atoms with E-state index in [9.17, 15) is 9.59 Å². The first-order chi connectivity index (χ1) is 7.61. The SMILES string of the molecule is C#CCC(=O)NCCCCC(NI)C(N)=O. The van der Waals surface area contributed by atoms with Crippen LogP contribution in [0.25, 0.3) is 0 Å². The van der Waals surface area contributed by atoms with Crippen molar-refractivity contribution in [1.29, 1.82) is 0 Å². The van der Waals surface area contributed by atoms with Crippen LogP contribution in [0.1, 0.15) is 25.7 Å². The second-order valence-corrected chi connectivity index (χ2v) is 3.91. The molecular formula is C10H16IN3O2. The predicted octanol–water partition coefficient (Wildman–Crippen LogP) is 0.0897. The number of rotatable bonds is 8. The van der Waals surface area contributed by atoms with E-state index in [1.807, 2.05) is 22.9 Å². The van der Waals surface area contributed by atoms with Crippen molar-refractivity contribution in [2.45, 2.75) is 31.7 Å². The van der Waals surface area contributed by atoms with Crippen LogP contribution in [-0.4, -0.2) is 24.4 Å². The van der Waals surface area contributed by atoms with Crippen LogP contribution < -0.4 is 14.6 Å². The van der Waals surface area contributed by atoms with Crippen LogP contribution >= 0.6 is 22.9 Å². The maximum absolute atomic E-state index is 11.0. The van der Waals surface area contributed by atoms with E-state index in [0.717, 1.165) is 12.8 Å². The van der Waals surface area contributed by atoms with E-state index < -0.39 is 0 Å². The zero-order valence-electron chi connectivity index (χ0n) is 8.96. The minimum atomic E-state index is -0.356. The number of carbonyl (C=O) groups is 2. The highest BCUT2D eigenvalue weighted by Crippen LogP contribution is 2.01. The number of terminal acetylenes is 1. The van der Waals surface area contributed by atoms with E-state index >= 15 is 0 Å². The molecule has 0 aromatic carbocycles. The van der Waals surface area contributed by atoms with Crippen LogP contribution in [0.3, 0.4) is 0 Å². The van der Waals surface area contributed by atoms with Crippen molar-refractivity contribution in [2.75, 3.05) is 6.54 Å². The molecule has 0 aliphatic rings. The molecule has 0 radical (unpaired) electrons. The van der Waals surface area contributed by atoms with Gasteiger partial charge in [-0.1, -0.05) is 5.92 Å². The fourth-order valence-electron chi connectivity index (χ4n) is 1.11. The molecule has 1 unspecified atom stereocenters. The van der Waals surface area contributed by atoms with Gasteiger partial charge in [-0.3, -0.25) is 9.59 Å². The largest absolute Gasteiger partial charge is 0.368 e. The maximum Gasteiger partial charge on any atom is 0.235 e. The van der Waals surface area contributed by atoms with Gasteiger partial charge in [0.15, 0.2) is 0 Å². The summed E-state index contributed by atoms with van der Waals surface area (Å²) >= 11 is 1.90. The molecule has 16 heavy (non-hydrogen) atoms. The number of hydrogen-bond donors (Lipinski definition) is 3. The Bertz CT molecular complexity index is 276. The predicted molar refractivity (Wildman–Crippen MR) is 70.4 cm³/mol. The first kappa shape index (κ1) is 15.2. The maximum atomic E-state index is 11.0. The van der Waals surface area contributed by atoms with Gasteiger partial charge in [0.2, 0.25) is 11.8 Å². The minimum Gasteiger partial charge on any atom is -0.368 e. The van der Waals surface area contributed by atoms with Crippen LogP contribution in [-0.2, 0) is 9.59 Å². The number of carbonyl (C=O) groups excluding carboxylic acids is 2. The van der Waals surface area contributed by atoms with Gasteiger partial charge in [0.05, 0.1) is 12.5 Å². The van der Waals surface area contributed by atoms with E-state index in [2.05, 4.69) is 14.8 Å². The highest BCUT2D eigenvalue weighted by atomic mass is 127. The average molecular weight is 337 g/mol. The van der Waals surface area contributed by atoms with Crippen molar-refractivity contribution in [3.05, 3.63) is 0 Å². The molecule has 0 aromatic heterocycles. The molecule has 0 aromatic rings. The summed E-state index contributed by atoms with van der Waals surface area (Å²) in [4.78, 5) is 21.8. The quantitative estimate of drug-likeness (QED) is 0.254. The number of nitrogens with one attached hydrogen (secondary N) is 2. The molecule has 5 nitrogen and oxygen atoms in total. The molecule has 2 amide bonds. The smallest absolute Gasteiger partial charge is 0.235 e. The van der Waals surface area contributed by atoms with Gasteiger partial charge in [-0.15, -0.1) is 6.42 Å². The zero-order chi connectivity index (χ0) is 12.4. The Morgan fingerprint density at radius 2 is 2.12 bits per heavy atom. The molecule has 4 N–H and O–H groups in total. The molecule has 90 valence electrons.